The van der Waals surface area contributed by atoms with Gasteiger partial charge in [0.05, 0.1) is 0 Å². The van der Waals surface area contributed by atoms with Crippen molar-refractivity contribution in [2.45, 2.75) is 110 Å². The Kier molecular flexibility index (Phi) is 17.1. The van der Waals surface area contributed by atoms with Gasteiger partial charge in [0.25, 0.3) is 0 Å². The van der Waals surface area contributed by atoms with E-state index in [0.29, 0.717) is 12.8 Å². The predicted octanol–water partition coefficient (Wildman–Crippen LogP) is 8.48. The van der Waals surface area contributed by atoms with E-state index in [-0.39, 0.29) is 41.6 Å². The van der Waals surface area contributed by atoms with Gasteiger partial charge in [-0.25, -0.2) is 9.59 Å². The van der Waals surface area contributed by atoms with Crippen LogP contribution in [0.1, 0.15) is 124 Å². The van der Waals surface area contributed by atoms with E-state index in [1.54, 1.807) is 43.3 Å². The molecule has 1 N–H and O–H groups in total. The number of ether oxygens (including phenoxy) is 3. The molecule has 1 atom stereocenters. The first-order valence-corrected chi connectivity index (χ1v) is 15.5. The molecule has 0 aliphatic rings. The Bertz CT molecular complexity index is 1190. The van der Waals surface area contributed by atoms with Crippen molar-refractivity contribution in [3.63, 3.8) is 0 Å². The summed E-state index contributed by atoms with van der Waals surface area (Å²) in [7, 11) is 0. The third kappa shape index (κ3) is 14.2. The summed E-state index contributed by atoms with van der Waals surface area (Å²) in [5.74, 6) is -2.14. The van der Waals surface area contributed by atoms with Crippen molar-refractivity contribution >= 4 is 23.9 Å². The van der Waals surface area contributed by atoms with Crippen LogP contribution in [0.3, 0.4) is 0 Å². The van der Waals surface area contributed by atoms with E-state index in [9.17, 15) is 24.3 Å². The molecule has 0 amide bonds. The molecule has 8 nitrogen and oxygen atoms in total. The molecule has 8 heteroatoms. The molecule has 1 unspecified atom stereocenters. The summed E-state index contributed by atoms with van der Waals surface area (Å²) in [6, 6.07) is 12.8. The van der Waals surface area contributed by atoms with Crippen LogP contribution < -0.4 is 9.47 Å². The Morgan fingerprint density at radius 3 is 2.02 bits per heavy atom. The maximum Gasteiger partial charge on any atom is 0.342 e. The number of carbonyl (C=O) groups is 4. The van der Waals surface area contributed by atoms with Crippen LogP contribution in [-0.2, 0) is 14.3 Å². The number of carboxylic acid groups (broad SMARTS) is 1. The number of esters is 3. The number of allylic oxidation sites excluding steroid dienone is 1. The molecule has 234 valence electrons. The van der Waals surface area contributed by atoms with Gasteiger partial charge < -0.3 is 19.3 Å². The maximum atomic E-state index is 13.0. The van der Waals surface area contributed by atoms with Gasteiger partial charge in [0.1, 0.15) is 28.7 Å². The minimum absolute atomic E-state index is 0.0232. The summed E-state index contributed by atoms with van der Waals surface area (Å²) in [5, 5.41) is 9.20. The van der Waals surface area contributed by atoms with Gasteiger partial charge in [-0.2, -0.15) is 0 Å². The van der Waals surface area contributed by atoms with Gasteiger partial charge in [0.2, 0.25) is 0 Å². The normalized spacial score (nSPS) is 11.7. The lowest BCUT2D eigenvalue weighted by molar-refractivity contribution is -0.135. The lowest BCUT2D eigenvalue weighted by Gasteiger charge is -2.17. The monoisotopic (exact) mass is 594 g/mol. The van der Waals surface area contributed by atoms with Crippen LogP contribution >= 0.6 is 0 Å². The van der Waals surface area contributed by atoms with Crippen molar-refractivity contribution in [2.75, 3.05) is 0 Å². The van der Waals surface area contributed by atoms with Crippen LogP contribution in [0.15, 0.2) is 60.7 Å². The molecule has 0 bridgehead atoms. The molecule has 0 aliphatic carbocycles. The summed E-state index contributed by atoms with van der Waals surface area (Å²) in [4.78, 5) is 48.1. The number of benzene rings is 2. The highest BCUT2D eigenvalue weighted by atomic mass is 16.6. The fourth-order valence-corrected chi connectivity index (χ4v) is 4.49. The van der Waals surface area contributed by atoms with E-state index in [0.717, 1.165) is 64.2 Å². The molecule has 0 radical (unpaired) electrons. The van der Waals surface area contributed by atoms with E-state index < -0.39 is 23.9 Å². The zero-order valence-electron chi connectivity index (χ0n) is 25.6. The van der Waals surface area contributed by atoms with Gasteiger partial charge in [-0.05, 0) is 56.4 Å². The number of rotatable bonds is 21. The highest BCUT2D eigenvalue weighted by molar-refractivity contribution is 5.93. The van der Waals surface area contributed by atoms with Crippen molar-refractivity contribution < 1.29 is 38.5 Å². The van der Waals surface area contributed by atoms with Crippen LogP contribution in [-0.4, -0.2) is 35.1 Å². The molecular weight excluding hydrogens is 548 g/mol. The first-order chi connectivity index (χ1) is 20.8. The number of carboxylic acids is 1. The molecule has 2 aromatic carbocycles. The second-order valence-electron chi connectivity index (χ2n) is 10.5. The quantitative estimate of drug-likeness (QED) is 0.0662. The lowest BCUT2D eigenvalue weighted by Crippen LogP contribution is -2.19. The van der Waals surface area contributed by atoms with Crippen molar-refractivity contribution in [2.24, 2.45) is 0 Å². The Balaban J connectivity index is 1.71. The molecule has 0 aliphatic heterocycles. The molecule has 0 saturated carbocycles. The fourth-order valence-electron chi connectivity index (χ4n) is 4.49. The van der Waals surface area contributed by atoms with Crippen molar-refractivity contribution in [3.8, 4) is 11.5 Å². The smallest absolute Gasteiger partial charge is 0.342 e. The van der Waals surface area contributed by atoms with E-state index in [1.807, 2.05) is 0 Å². The minimum atomic E-state index is -1.13. The Labute approximate surface area is 255 Å². The predicted molar refractivity (Wildman–Crippen MR) is 165 cm³/mol. The van der Waals surface area contributed by atoms with Crippen molar-refractivity contribution in [3.05, 3.63) is 71.8 Å². The molecule has 0 aromatic heterocycles. The molecule has 0 spiro atoms. The largest absolute Gasteiger partial charge is 0.478 e. The van der Waals surface area contributed by atoms with Crippen LogP contribution in [0.25, 0.3) is 0 Å². The van der Waals surface area contributed by atoms with Crippen LogP contribution in [0.2, 0.25) is 0 Å². The summed E-state index contributed by atoms with van der Waals surface area (Å²) in [6.07, 6.45) is 15.7. The molecule has 0 saturated heterocycles. The summed E-state index contributed by atoms with van der Waals surface area (Å²) < 4.78 is 16.4. The maximum absolute atomic E-state index is 13.0. The number of carbonyl (C=O) groups excluding carboxylic acids is 3. The molecular formula is C35H46O8. The first kappa shape index (κ1) is 35.3. The fraction of sp³-hybridized carbons (Fsp3) is 0.486. The molecule has 2 rings (SSSR count). The number of hydrogen-bond donors (Lipinski definition) is 1. The highest BCUT2D eigenvalue weighted by Crippen LogP contribution is 2.23. The van der Waals surface area contributed by atoms with Gasteiger partial charge >= 0.3 is 23.9 Å². The third-order valence-electron chi connectivity index (χ3n) is 6.93. The van der Waals surface area contributed by atoms with Crippen molar-refractivity contribution in [1.82, 2.24) is 0 Å². The number of aromatic carboxylic acids is 1. The van der Waals surface area contributed by atoms with E-state index in [1.165, 1.54) is 12.1 Å². The Morgan fingerprint density at radius 1 is 0.721 bits per heavy atom. The molecule has 43 heavy (non-hydrogen) atoms. The van der Waals surface area contributed by atoms with Gasteiger partial charge in [-0.3, -0.25) is 9.59 Å². The van der Waals surface area contributed by atoms with Gasteiger partial charge in [-0.15, -0.1) is 0 Å². The first-order valence-electron chi connectivity index (χ1n) is 15.5. The zero-order valence-corrected chi connectivity index (χ0v) is 25.6. The average molecular weight is 595 g/mol. The van der Waals surface area contributed by atoms with E-state index >= 15 is 0 Å². The van der Waals surface area contributed by atoms with Crippen LogP contribution in [0.5, 0.6) is 11.5 Å². The lowest BCUT2D eigenvalue weighted by atomic mass is 10.1. The second kappa shape index (κ2) is 20.9. The number of para-hydroxylation sites is 2. The molecule has 0 heterocycles. The standard InChI is InChI=1S/C35H46O8/c1-3-5-6-13-20-27(41-35(40)29-23-17-19-25-31(29)42-32(36)4-2)21-14-11-9-7-8-10-12-15-26-33(37)43-30-24-18-16-22-28(30)34(38)39/h11,14,16-19,22-25,27H,3-10,12-13,15,20-21,26H2,1-2H3,(H,38,39)/b14-11+. The molecule has 2 aromatic rings. The van der Waals surface area contributed by atoms with Crippen LogP contribution in [0, 0.1) is 0 Å². The Morgan fingerprint density at radius 2 is 1.33 bits per heavy atom. The summed E-state index contributed by atoms with van der Waals surface area (Å²) >= 11 is 0. The van der Waals surface area contributed by atoms with Gasteiger partial charge in [0, 0.05) is 19.3 Å². The number of hydrogen-bond acceptors (Lipinski definition) is 7. The second-order valence-corrected chi connectivity index (χ2v) is 10.5. The summed E-state index contributed by atoms with van der Waals surface area (Å²) in [6.45, 7) is 3.86. The molecule has 0 fully saturated rings. The van der Waals surface area contributed by atoms with E-state index in [4.69, 9.17) is 14.2 Å². The topological polar surface area (TPSA) is 116 Å². The highest BCUT2D eigenvalue weighted by Gasteiger charge is 2.20. The SMILES string of the molecule is CCCCCCC(C/C=C/CCCCCCCC(=O)Oc1ccccc1C(=O)O)OC(=O)c1ccccc1OC(=O)CC. The van der Waals surface area contributed by atoms with Crippen LogP contribution in [0.4, 0.5) is 0 Å². The van der Waals surface area contributed by atoms with Gasteiger partial charge in [0.15, 0.2) is 0 Å². The van der Waals surface area contributed by atoms with E-state index in [2.05, 4.69) is 19.1 Å². The Hall–Kier alpha value is -3.94. The van der Waals surface area contributed by atoms with Crippen molar-refractivity contribution in [1.29, 1.82) is 0 Å². The number of unbranched alkanes of at least 4 members (excludes halogenated alkanes) is 8. The van der Waals surface area contributed by atoms with Gasteiger partial charge in [-0.1, -0.05) is 88.8 Å². The average Bonchev–Trinajstić information content (AvgIpc) is 3.00. The zero-order chi connectivity index (χ0) is 31.3. The third-order valence-corrected chi connectivity index (χ3v) is 6.93. The summed E-state index contributed by atoms with van der Waals surface area (Å²) in [5.41, 5.74) is 0.232. The minimum Gasteiger partial charge on any atom is -0.478 e.